The van der Waals surface area contributed by atoms with Crippen molar-refractivity contribution in [1.29, 1.82) is 0 Å². The van der Waals surface area contributed by atoms with Crippen LogP contribution in [0.25, 0.3) is 22.0 Å². The van der Waals surface area contributed by atoms with Crippen molar-refractivity contribution in [3.05, 3.63) is 88.1 Å². The van der Waals surface area contributed by atoms with E-state index in [1.807, 2.05) is 22.9 Å². The zero-order valence-corrected chi connectivity index (χ0v) is 23.2. The number of carboxylic acids is 1. The first-order valence-corrected chi connectivity index (χ1v) is 13.4. The van der Waals surface area contributed by atoms with Crippen molar-refractivity contribution in [2.24, 2.45) is 5.92 Å². The molecule has 4 aromatic rings. The predicted octanol–water partition coefficient (Wildman–Crippen LogP) is 8.76. The average molecular weight is 571 g/mol. The van der Waals surface area contributed by atoms with Crippen LogP contribution in [0.5, 0.6) is 0 Å². The lowest BCUT2D eigenvalue weighted by Crippen LogP contribution is -2.15. The number of nitrogens with zero attached hydrogens (tertiary/aromatic N) is 2. The van der Waals surface area contributed by atoms with Crippen LogP contribution in [0.2, 0.25) is 5.02 Å². The molecule has 40 heavy (non-hydrogen) atoms. The first kappa shape index (κ1) is 29.3. The van der Waals surface area contributed by atoms with Gasteiger partial charge in [0.1, 0.15) is 0 Å². The monoisotopic (exact) mass is 570 g/mol. The summed E-state index contributed by atoms with van der Waals surface area (Å²) >= 11 is 6.70. The molecule has 1 aromatic heterocycles. The van der Waals surface area contributed by atoms with Gasteiger partial charge in [-0.15, -0.1) is 0 Å². The first-order chi connectivity index (χ1) is 18.8. The summed E-state index contributed by atoms with van der Waals surface area (Å²) in [4.78, 5) is 23.2. The third-order valence-corrected chi connectivity index (χ3v) is 7.24. The van der Waals surface area contributed by atoms with Crippen LogP contribution >= 0.6 is 11.6 Å². The van der Waals surface area contributed by atoms with Crippen LogP contribution in [0.15, 0.2) is 60.8 Å². The second-order valence-electron chi connectivity index (χ2n) is 10.4. The molecule has 1 atom stereocenters. The van der Waals surface area contributed by atoms with Crippen molar-refractivity contribution >= 4 is 34.3 Å². The third kappa shape index (κ3) is 6.55. The number of aryl methyl sites for hydroxylation is 1. The van der Waals surface area contributed by atoms with Crippen molar-refractivity contribution in [3.63, 3.8) is 0 Å². The summed E-state index contributed by atoms with van der Waals surface area (Å²) in [5.41, 5.74) is 3.29. The molecule has 0 aliphatic rings. The van der Waals surface area contributed by atoms with E-state index < -0.39 is 17.7 Å². The highest BCUT2D eigenvalue weighted by Crippen LogP contribution is 2.38. The standard InChI is InChI=1S/C31H30ClF3N2O3/c1-18(2)13-27(20-7-9-21(10-8-20)29(38)5-4-6-30(39)40)37-28-16-26(32)25(15-22(28)17-36-37)24-12-11-23(14-19(24)3)31(33,34)35/h7-12,14-18,27H,4-6,13H2,1-3H3,(H,39,40). The van der Waals surface area contributed by atoms with Gasteiger partial charge < -0.3 is 5.11 Å². The minimum Gasteiger partial charge on any atom is -0.481 e. The quantitative estimate of drug-likeness (QED) is 0.193. The number of hydrogen-bond donors (Lipinski definition) is 1. The molecular weight excluding hydrogens is 541 g/mol. The summed E-state index contributed by atoms with van der Waals surface area (Å²) in [5.74, 6) is -0.699. The Morgan fingerprint density at radius 3 is 2.30 bits per heavy atom. The van der Waals surface area contributed by atoms with Crippen LogP contribution in [0.1, 0.15) is 72.6 Å². The van der Waals surface area contributed by atoms with E-state index in [2.05, 4.69) is 18.9 Å². The molecule has 0 bridgehead atoms. The molecule has 1 heterocycles. The maximum Gasteiger partial charge on any atom is 0.416 e. The van der Waals surface area contributed by atoms with Gasteiger partial charge in [-0.2, -0.15) is 18.3 Å². The number of carbonyl (C=O) groups is 2. The predicted molar refractivity (Wildman–Crippen MR) is 150 cm³/mol. The summed E-state index contributed by atoms with van der Waals surface area (Å²) in [6.07, 6.45) is -1.52. The maximum absolute atomic E-state index is 13.2. The van der Waals surface area contributed by atoms with Crippen LogP contribution in [-0.2, 0) is 11.0 Å². The van der Waals surface area contributed by atoms with Gasteiger partial charge in [0.25, 0.3) is 0 Å². The number of halogens is 4. The lowest BCUT2D eigenvalue weighted by molar-refractivity contribution is -0.138. The van der Waals surface area contributed by atoms with Gasteiger partial charge in [0.05, 0.1) is 28.3 Å². The zero-order chi connectivity index (χ0) is 29.2. The Balaban J connectivity index is 1.67. The summed E-state index contributed by atoms with van der Waals surface area (Å²) in [7, 11) is 0. The number of aliphatic carboxylic acids is 1. The van der Waals surface area contributed by atoms with Gasteiger partial charge in [0.15, 0.2) is 5.78 Å². The Labute approximate surface area is 235 Å². The number of hydrogen-bond acceptors (Lipinski definition) is 3. The normalized spacial score (nSPS) is 12.7. The molecule has 9 heteroatoms. The van der Waals surface area contributed by atoms with E-state index in [1.165, 1.54) is 6.07 Å². The third-order valence-electron chi connectivity index (χ3n) is 6.93. The van der Waals surface area contributed by atoms with E-state index >= 15 is 0 Å². The fourth-order valence-corrected chi connectivity index (χ4v) is 5.18. The van der Waals surface area contributed by atoms with Crippen molar-refractivity contribution in [2.45, 2.75) is 58.7 Å². The Bertz CT molecular complexity index is 1540. The van der Waals surface area contributed by atoms with E-state index in [4.69, 9.17) is 16.7 Å². The van der Waals surface area contributed by atoms with Gasteiger partial charge >= 0.3 is 12.1 Å². The molecule has 0 aliphatic heterocycles. The molecule has 0 spiro atoms. The number of Topliss-reactive ketones (excluding diaryl/α,β-unsaturated/α-hetero) is 1. The molecule has 0 aliphatic carbocycles. The largest absolute Gasteiger partial charge is 0.481 e. The first-order valence-electron chi connectivity index (χ1n) is 13.0. The van der Waals surface area contributed by atoms with Gasteiger partial charge in [-0.05, 0) is 66.6 Å². The Morgan fingerprint density at radius 1 is 1.00 bits per heavy atom. The topological polar surface area (TPSA) is 72.2 Å². The fraction of sp³-hybridized carbons (Fsp3) is 0.323. The SMILES string of the molecule is Cc1cc(C(F)(F)F)ccc1-c1cc2cnn(C(CC(C)C)c3ccc(C(=O)CCCC(=O)O)cc3)c2cc1Cl. The number of aromatic nitrogens is 2. The highest BCUT2D eigenvalue weighted by Gasteiger charge is 2.31. The van der Waals surface area contributed by atoms with Crippen LogP contribution in [-0.4, -0.2) is 26.6 Å². The van der Waals surface area contributed by atoms with E-state index in [0.717, 1.165) is 35.0 Å². The van der Waals surface area contributed by atoms with Crippen LogP contribution in [0.3, 0.4) is 0 Å². The molecule has 0 saturated heterocycles. The number of carboxylic acid groups (broad SMARTS) is 1. The average Bonchev–Trinajstić information content (AvgIpc) is 3.28. The highest BCUT2D eigenvalue weighted by molar-refractivity contribution is 6.34. The van der Waals surface area contributed by atoms with Crippen LogP contribution in [0, 0.1) is 12.8 Å². The fourth-order valence-electron chi connectivity index (χ4n) is 4.92. The Hall–Kier alpha value is -3.65. The van der Waals surface area contributed by atoms with E-state index in [1.54, 1.807) is 31.3 Å². The van der Waals surface area contributed by atoms with Crippen molar-refractivity contribution in [3.8, 4) is 11.1 Å². The number of carbonyl (C=O) groups excluding carboxylic acids is 1. The molecule has 5 nitrogen and oxygen atoms in total. The summed E-state index contributed by atoms with van der Waals surface area (Å²) in [6, 6.07) is 14.4. The molecule has 0 amide bonds. The highest BCUT2D eigenvalue weighted by atomic mass is 35.5. The zero-order valence-electron chi connectivity index (χ0n) is 22.4. The van der Waals surface area contributed by atoms with Gasteiger partial charge in [0, 0.05) is 29.4 Å². The number of alkyl halides is 3. The molecule has 0 fully saturated rings. The summed E-state index contributed by atoms with van der Waals surface area (Å²) in [6.45, 7) is 5.85. The number of benzene rings is 3. The molecule has 0 radical (unpaired) electrons. The minimum atomic E-state index is -4.42. The smallest absolute Gasteiger partial charge is 0.416 e. The second-order valence-corrected chi connectivity index (χ2v) is 10.9. The molecule has 3 aromatic carbocycles. The van der Waals surface area contributed by atoms with E-state index in [9.17, 15) is 22.8 Å². The Kier molecular flexibility index (Phi) is 8.68. The van der Waals surface area contributed by atoms with E-state index in [-0.39, 0.29) is 24.7 Å². The minimum absolute atomic E-state index is 0.0463. The molecule has 0 saturated carbocycles. The van der Waals surface area contributed by atoms with Gasteiger partial charge in [0.2, 0.25) is 0 Å². The van der Waals surface area contributed by atoms with Crippen LogP contribution in [0.4, 0.5) is 13.2 Å². The molecule has 1 N–H and O–H groups in total. The van der Waals surface area contributed by atoms with Gasteiger partial charge in [-0.1, -0.05) is 55.8 Å². The van der Waals surface area contributed by atoms with Crippen LogP contribution < -0.4 is 0 Å². The lowest BCUT2D eigenvalue weighted by atomic mass is 9.94. The van der Waals surface area contributed by atoms with Gasteiger partial charge in [-0.3, -0.25) is 14.3 Å². The van der Waals surface area contributed by atoms with Crippen molar-refractivity contribution in [2.75, 3.05) is 0 Å². The summed E-state index contributed by atoms with van der Waals surface area (Å²) < 4.78 is 41.4. The molecular formula is C31H30ClF3N2O3. The molecule has 210 valence electrons. The maximum atomic E-state index is 13.2. The van der Waals surface area contributed by atoms with Crippen molar-refractivity contribution in [1.82, 2.24) is 9.78 Å². The van der Waals surface area contributed by atoms with E-state index in [0.29, 0.717) is 39.6 Å². The molecule has 4 rings (SSSR count). The second kappa shape index (κ2) is 11.8. The number of fused-ring (bicyclic) bond motifs is 1. The molecule has 1 unspecified atom stereocenters. The lowest BCUT2D eigenvalue weighted by Gasteiger charge is -2.22. The number of rotatable bonds is 10. The van der Waals surface area contributed by atoms with Crippen molar-refractivity contribution < 1.29 is 27.9 Å². The van der Waals surface area contributed by atoms with Gasteiger partial charge in [-0.25, -0.2) is 0 Å². The number of ketones is 1. The Morgan fingerprint density at radius 2 is 1.70 bits per heavy atom. The summed E-state index contributed by atoms with van der Waals surface area (Å²) in [5, 5.41) is 14.7.